The Morgan fingerprint density at radius 3 is 2.29 bits per heavy atom. The van der Waals surface area contributed by atoms with E-state index >= 15 is 0 Å². The quantitative estimate of drug-likeness (QED) is 0.634. The molecule has 0 spiro atoms. The van der Waals surface area contributed by atoms with Gasteiger partial charge in [-0.3, -0.25) is 4.90 Å². The maximum absolute atomic E-state index is 5.88. The molecule has 1 aromatic carbocycles. The Kier molecular flexibility index (Phi) is 9.02. The molecule has 3 nitrogen and oxygen atoms in total. The predicted octanol–water partition coefficient (Wildman–Crippen LogP) is 3.60. The third-order valence-corrected chi connectivity index (χ3v) is 3.69. The lowest BCUT2D eigenvalue weighted by Crippen LogP contribution is -2.30. The highest BCUT2D eigenvalue weighted by atomic mass is 32.1. The zero-order valence-corrected chi connectivity index (χ0v) is 14.1. The first-order valence-corrected chi connectivity index (χ1v) is 8.33. The van der Waals surface area contributed by atoms with Gasteiger partial charge in [-0.25, -0.2) is 0 Å². The Morgan fingerprint density at radius 2 is 1.71 bits per heavy atom. The first-order valence-electron chi connectivity index (χ1n) is 7.93. The highest BCUT2D eigenvalue weighted by molar-refractivity contribution is 7.80. The standard InChI is InChI=1S/C17H28N2OS/c1-3-5-11-19(12-6-4-2)13-14-20-16-10-8-7-9-15(16)17(18)21/h7-10H,3-6,11-14H2,1-2H3,(H2,18,21). The summed E-state index contributed by atoms with van der Waals surface area (Å²) < 4.78 is 5.88. The number of thiocarbonyl (C=S) groups is 1. The molecule has 0 aliphatic heterocycles. The predicted molar refractivity (Wildman–Crippen MR) is 94.1 cm³/mol. The monoisotopic (exact) mass is 308 g/mol. The fraction of sp³-hybridized carbons (Fsp3) is 0.588. The molecule has 4 heteroatoms. The fourth-order valence-corrected chi connectivity index (χ4v) is 2.35. The molecule has 118 valence electrons. The molecule has 0 aliphatic carbocycles. The second-order valence-corrected chi connectivity index (χ2v) is 5.70. The summed E-state index contributed by atoms with van der Waals surface area (Å²) in [5.41, 5.74) is 6.54. The number of hydrogen-bond donors (Lipinski definition) is 1. The molecule has 0 heterocycles. The van der Waals surface area contributed by atoms with Gasteiger partial charge in [0.25, 0.3) is 0 Å². The topological polar surface area (TPSA) is 38.5 Å². The molecule has 0 amide bonds. The first kappa shape index (κ1) is 17.9. The van der Waals surface area contributed by atoms with Gasteiger partial charge >= 0.3 is 0 Å². The molecular formula is C17H28N2OS. The van der Waals surface area contributed by atoms with Crippen LogP contribution in [0.25, 0.3) is 0 Å². The molecule has 1 rings (SSSR count). The summed E-state index contributed by atoms with van der Waals surface area (Å²) in [5.74, 6) is 0.788. The fourth-order valence-electron chi connectivity index (χ4n) is 2.18. The van der Waals surface area contributed by atoms with Gasteiger partial charge in [0.15, 0.2) is 0 Å². The molecule has 2 N–H and O–H groups in total. The van der Waals surface area contributed by atoms with Crippen LogP contribution in [0.15, 0.2) is 24.3 Å². The largest absolute Gasteiger partial charge is 0.492 e. The molecule has 0 aromatic heterocycles. The van der Waals surface area contributed by atoms with Crippen LogP contribution in [-0.4, -0.2) is 36.1 Å². The van der Waals surface area contributed by atoms with E-state index in [0.717, 1.165) is 30.9 Å². The second-order valence-electron chi connectivity index (χ2n) is 5.26. The summed E-state index contributed by atoms with van der Waals surface area (Å²) in [7, 11) is 0. The van der Waals surface area contributed by atoms with Gasteiger partial charge in [0, 0.05) is 6.54 Å². The Bertz CT molecular complexity index is 415. The van der Waals surface area contributed by atoms with E-state index in [1.807, 2.05) is 24.3 Å². The molecule has 0 radical (unpaired) electrons. The number of unbranched alkanes of at least 4 members (excludes halogenated alkanes) is 2. The Hall–Kier alpha value is -1.13. The minimum absolute atomic E-state index is 0.388. The van der Waals surface area contributed by atoms with Crippen molar-refractivity contribution in [3.8, 4) is 5.75 Å². The van der Waals surface area contributed by atoms with Crippen molar-refractivity contribution in [2.24, 2.45) is 5.73 Å². The van der Waals surface area contributed by atoms with E-state index in [4.69, 9.17) is 22.7 Å². The van der Waals surface area contributed by atoms with E-state index in [-0.39, 0.29) is 0 Å². The molecule has 1 aromatic rings. The number of ether oxygens (including phenoxy) is 1. The highest BCUT2D eigenvalue weighted by Gasteiger charge is 2.07. The molecule has 0 saturated carbocycles. The molecule has 0 unspecified atom stereocenters. The van der Waals surface area contributed by atoms with Crippen LogP contribution in [0.4, 0.5) is 0 Å². The second kappa shape index (κ2) is 10.6. The molecule has 0 atom stereocenters. The van der Waals surface area contributed by atoms with Gasteiger partial charge in [0.1, 0.15) is 17.3 Å². The van der Waals surface area contributed by atoms with E-state index in [2.05, 4.69) is 18.7 Å². The number of hydrogen-bond acceptors (Lipinski definition) is 3. The molecular weight excluding hydrogens is 280 g/mol. The van der Waals surface area contributed by atoms with Crippen molar-refractivity contribution in [3.63, 3.8) is 0 Å². The molecule has 0 bridgehead atoms. The molecule has 21 heavy (non-hydrogen) atoms. The maximum Gasteiger partial charge on any atom is 0.129 e. The van der Waals surface area contributed by atoms with E-state index in [1.54, 1.807) is 0 Å². The van der Waals surface area contributed by atoms with Gasteiger partial charge in [-0.15, -0.1) is 0 Å². The van der Waals surface area contributed by atoms with Crippen molar-refractivity contribution < 1.29 is 4.74 Å². The maximum atomic E-state index is 5.88. The smallest absolute Gasteiger partial charge is 0.129 e. The summed E-state index contributed by atoms with van der Waals surface area (Å²) in [5, 5.41) is 0. The van der Waals surface area contributed by atoms with Crippen molar-refractivity contribution in [2.45, 2.75) is 39.5 Å². The summed E-state index contributed by atoms with van der Waals surface area (Å²) in [4.78, 5) is 2.87. The number of nitrogens with two attached hydrogens (primary N) is 1. The van der Waals surface area contributed by atoms with E-state index in [0.29, 0.717) is 11.6 Å². The first-order chi connectivity index (χ1) is 10.2. The van der Waals surface area contributed by atoms with Crippen LogP contribution in [0, 0.1) is 0 Å². The van der Waals surface area contributed by atoms with Gasteiger partial charge in [-0.1, -0.05) is 51.0 Å². The van der Waals surface area contributed by atoms with Gasteiger partial charge in [0.05, 0.1) is 5.56 Å². The van der Waals surface area contributed by atoms with Gasteiger partial charge < -0.3 is 10.5 Å². The van der Waals surface area contributed by atoms with E-state index in [1.165, 1.54) is 25.7 Å². The number of para-hydroxylation sites is 1. The van der Waals surface area contributed by atoms with Crippen molar-refractivity contribution >= 4 is 17.2 Å². The van der Waals surface area contributed by atoms with Crippen LogP contribution >= 0.6 is 12.2 Å². The normalized spacial score (nSPS) is 10.8. The number of rotatable bonds is 11. The van der Waals surface area contributed by atoms with Gasteiger partial charge in [0.2, 0.25) is 0 Å². The number of benzene rings is 1. The van der Waals surface area contributed by atoms with E-state index < -0.39 is 0 Å². The van der Waals surface area contributed by atoms with Crippen LogP contribution in [0.2, 0.25) is 0 Å². The summed E-state index contributed by atoms with van der Waals surface area (Å²) in [6.07, 6.45) is 4.95. The average molecular weight is 308 g/mol. The Balaban J connectivity index is 2.47. The van der Waals surface area contributed by atoms with Gasteiger partial charge in [-0.2, -0.15) is 0 Å². The van der Waals surface area contributed by atoms with Crippen LogP contribution in [0.5, 0.6) is 5.75 Å². The molecule has 0 saturated heterocycles. The average Bonchev–Trinajstić information content (AvgIpc) is 2.49. The van der Waals surface area contributed by atoms with Crippen LogP contribution in [0.1, 0.15) is 45.1 Å². The van der Waals surface area contributed by atoms with Crippen LogP contribution in [-0.2, 0) is 0 Å². The lowest BCUT2D eigenvalue weighted by atomic mass is 10.2. The minimum Gasteiger partial charge on any atom is -0.492 e. The summed E-state index contributed by atoms with van der Waals surface area (Å²) in [6.45, 7) is 8.38. The minimum atomic E-state index is 0.388. The lowest BCUT2D eigenvalue weighted by molar-refractivity contribution is 0.204. The van der Waals surface area contributed by atoms with Crippen LogP contribution < -0.4 is 10.5 Å². The van der Waals surface area contributed by atoms with Crippen molar-refractivity contribution in [3.05, 3.63) is 29.8 Å². The highest BCUT2D eigenvalue weighted by Crippen LogP contribution is 2.17. The van der Waals surface area contributed by atoms with Crippen molar-refractivity contribution in [2.75, 3.05) is 26.2 Å². The lowest BCUT2D eigenvalue weighted by Gasteiger charge is -2.22. The number of nitrogens with zero attached hydrogens (tertiary/aromatic N) is 1. The van der Waals surface area contributed by atoms with Crippen molar-refractivity contribution in [1.82, 2.24) is 4.90 Å². The Morgan fingerprint density at radius 1 is 1.10 bits per heavy atom. The Labute approximate surface area is 134 Å². The SMILES string of the molecule is CCCCN(CCCC)CCOc1ccccc1C(N)=S. The third-order valence-electron chi connectivity index (χ3n) is 3.47. The summed E-state index contributed by atoms with van der Waals surface area (Å²) in [6, 6.07) is 7.71. The van der Waals surface area contributed by atoms with Crippen molar-refractivity contribution in [1.29, 1.82) is 0 Å². The van der Waals surface area contributed by atoms with E-state index in [9.17, 15) is 0 Å². The third kappa shape index (κ3) is 6.91. The zero-order chi connectivity index (χ0) is 15.5. The van der Waals surface area contributed by atoms with Crippen LogP contribution in [0.3, 0.4) is 0 Å². The van der Waals surface area contributed by atoms with Gasteiger partial charge in [-0.05, 0) is 38.1 Å². The zero-order valence-electron chi connectivity index (χ0n) is 13.3. The molecule has 0 fully saturated rings. The molecule has 0 aliphatic rings. The summed E-state index contributed by atoms with van der Waals surface area (Å²) >= 11 is 5.05.